The highest BCUT2D eigenvalue weighted by molar-refractivity contribution is 5.42. The molecule has 7 nitrogen and oxygen atoms in total. The molecule has 108 valence electrons. The Morgan fingerprint density at radius 2 is 2.10 bits per heavy atom. The first-order valence-corrected chi connectivity index (χ1v) is 6.87. The molecule has 2 aromatic heterocycles. The number of para-hydroxylation sites is 1. The van der Waals surface area contributed by atoms with Crippen molar-refractivity contribution in [3.8, 4) is 5.75 Å². The lowest BCUT2D eigenvalue weighted by molar-refractivity contribution is 0.336. The highest BCUT2D eigenvalue weighted by Gasteiger charge is 2.03. The maximum atomic E-state index is 5.61. The van der Waals surface area contributed by atoms with Gasteiger partial charge in [-0.05, 0) is 47.5 Å². The number of aromatic nitrogens is 5. The zero-order valence-corrected chi connectivity index (χ0v) is 11.7. The Balaban J connectivity index is 1.63. The van der Waals surface area contributed by atoms with Crippen LogP contribution in [-0.4, -0.2) is 38.4 Å². The summed E-state index contributed by atoms with van der Waals surface area (Å²) in [5, 5.41) is 18.7. The molecular weight excluding hydrogens is 268 g/mol. The SMILES string of the molecule is CCOc1ccccc1CCNc1ccc2nnnn2n1. The smallest absolute Gasteiger partial charge is 0.200 e. The van der Waals surface area contributed by atoms with Crippen molar-refractivity contribution in [3.05, 3.63) is 42.0 Å². The first-order valence-electron chi connectivity index (χ1n) is 6.87. The third-order valence-electron chi connectivity index (χ3n) is 3.04. The van der Waals surface area contributed by atoms with Crippen molar-refractivity contribution in [3.63, 3.8) is 0 Å². The van der Waals surface area contributed by atoms with Gasteiger partial charge in [0, 0.05) is 6.54 Å². The summed E-state index contributed by atoms with van der Waals surface area (Å²) in [4.78, 5) is 0. The molecule has 3 aromatic rings. The molecule has 0 aliphatic heterocycles. The van der Waals surface area contributed by atoms with Gasteiger partial charge in [0.05, 0.1) is 6.61 Å². The summed E-state index contributed by atoms with van der Waals surface area (Å²) < 4.78 is 7.01. The van der Waals surface area contributed by atoms with E-state index in [4.69, 9.17) is 4.74 Å². The number of anilines is 1. The van der Waals surface area contributed by atoms with Gasteiger partial charge >= 0.3 is 0 Å². The molecule has 7 heteroatoms. The van der Waals surface area contributed by atoms with Crippen molar-refractivity contribution in [2.45, 2.75) is 13.3 Å². The van der Waals surface area contributed by atoms with Crippen molar-refractivity contribution in [2.24, 2.45) is 0 Å². The molecule has 3 rings (SSSR count). The van der Waals surface area contributed by atoms with E-state index in [2.05, 4.69) is 32.0 Å². The zero-order chi connectivity index (χ0) is 14.5. The topological polar surface area (TPSA) is 77.2 Å². The molecule has 1 N–H and O–H groups in total. The van der Waals surface area contributed by atoms with Gasteiger partial charge in [-0.25, -0.2) is 0 Å². The molecule has 1 aromatic carbocycles. The fourth-order valence-electron chi connectivity index (χ4n) is 2.08. The Kier molecular flexibility index (Phi) is 3.90. The summed E-state index contributed by atoms with van der Waals surface area (Å²) in [5.41, 5.74) is 1.80. The summed E-state index contributed by atoms with van der Waals surface area (Å²) in [7, 11) is 0. The lowest BCUT2D eigenvalue weighted by atomic mass is 10.1. The number of tetrazole rings is 1. The second-order valence-corrected chi connectivity index (χ2v) is 4.46. The number of nitrogens with zero attached hydrogens (tertiary/aromatic N) is 5. The van der Waals surface area contributed by atoms with Crippen molar-refractivity contribution >= 4 is 11.5 Å². The molecule has 0 unspecified atom stereocenters. The van der Waals surface area contributed by atoms with Crippen molar-refractivity contribution in [2.75, 3.05) is 18.5 Å². The molecule has 0 fully saturated rings. The highest BCUT2D eigenvalue weighted by atomic mass is 16.5. The van der Waals surface area contributed by atoms with Crippen molar-refractivity contribution < 1.29 is 4.74 Å². The normalized spacial score (nSPS) is 10.7. The minimum Gasteiger partial charge on any atom is -0.494 e. The Bertz CT molecular complexity index is 726. The molecule has 0 atom stereocenters. The number of fused-ring (bicyclic) bond motifs is 1. The number of rotatable bonds is 6. The highest BCUT2D eigenvalue weighted by Crippen LogP contribution is 2.18. The summed E-state index contributed by atoms with van der Waals surface area (Å²) in [6.45, 7) is 3.41. The molecule has 21 heavy (non-hydrogen) atoms. The molecule has 0 spiro atoms. The van der Waals surface area contributed by atoms with E-state index in [0.29, 0.717) is 12.3 Å². The predicted octanol–water partition coefficient (Wildman–Crippen LogP) is 1.57. The van der Waals surface area contributed by atoms with Crippen LogP contribution in [0.1, 0.15) is 12.5 Å². The lowest BCUT2D eigenvalue weighted by Crippen LogP contribution is -2.09. The quantitative estimate of drug-likeness (QED) is 0.740. The largest absolute Gasteiger partial charge is 0.494 e. The summed E-state index contributed by atoms with van der Waals surface area (Å²) in [6.07, 6.45) is 0.853. The second-order valence-electron chi connectivity index (χ2n) is 4.46. The average molecular weight is 284 g/mol. The third-order valence-corrected chi connectivity index (χ3v) is 3.04. The van der Waals surface area contributed by atoms with Crippen LogP contribution < -0.4 is 10.1 Å². The Morgan fingerprint density at radius 3 is 3.00 bits per heavy atom. The van der Waals surface area contributed by atoms with Crippen molar-refractivity contribution in [1.82, 2.24) is 25.3 Å². The van der Waals surface area contributed by atoms with Crippen LogP contribution in [0.2, 0.25) is 0 Å². The van der Waals surface area contributed by atoms with Crippen molar-refractivity contribution in [1.29, 1.82) is 0 Å². The number of hydrogen-bond acceptors (Lipinski definition) is 6. The molecule has 0 aliphatic rings. The maximum Gasteiger partial charge on any atom is 0.200 e. The number of nitrogens with one attached hydrogen (secondary N) is 1. The second kappa shape index (κ2) is 6.17. The average Bonchev–Trinajstić information content (AvgIpc) is 2.97. The zero-order valence-electron chi connectivity index (χ0n) is 11.7. The summed E-state index contributed by atoms with van der Waals surface area (Å²) in [5.74, 6) is 1.68. The minimum absolute atomic E-state index is 0.627. The fourth-order valence-corrected chi connectivity index (χ4v) is 2.08. The molecular formula is C14H16N6O. The van der Waals surface area contributed by atoms with Gasteiger partial charge in [0.25, 0.3) is 0 Å². The van der Waals surface area contributed by atoms with Gasteiger partial charge < -0.3 is 10.1 Å². The lowest BCUT2D eigenvalue weighted by Gasteiger charge is -2.10. The molecule has 0 radical (unpaired) electrons. The van der Waals surface area contributed by atoms with E-state index in [1.165, 1.54) is 10.2 Å². The van der Waals surface area contributed by atoms with E-state index in [-0.39, 0.29) is 0 Å². The van der Waals surface area contributed by atoms with Crippen LogP contribution >= 0.6 is 0 Å². The van der Waals surface area contributed by atoms with Crippen LogP contribution in [0.3, 0.4) is 0 Å². The van der Waals surface area contributed by atoms with Gasteiger partial charge in [0.15, 0.2) is 5.65 Å². The van der Waals surface area contributed by atoms with Gasteiger partial charge in [-0.3, -0.25) is 0 Å². The van der Waals surface area contributed by atoms with Crippen LogP contribution in [0.4, 0.5) is 5.82 Å². The van der Waals surface area contributed by atoms with Gasteiger partial charge in [-0.1, -0.05) is 18.2 Å². The van der Waals surface area contributed by atoms with E-state index < -0.39 is 0 Å². The number of benzene rings is 1. The molecule has 0 saturated carbocycles. The summed E-state index contributed by atoms with van der Waals surface area (Å²) >= 11 is 0. The predicted molar refractivity (Wildman–Crippen MR) is 78.4 cm³/mol. The third kappa shape index (κ3) is 3.07. The van der Waals surface area contributed by atoms with Gasteiger partial charge in [0.2, 0.25) is 0 Å². The first-order chi connectivity index (χ1) is 10.4. The molecule has 0 aliphatic carbocycles. The van der Waals surface area contributed by atoms with E-state index in [1.54, 1.807) is 0 Å². The molecule has 0 amide bonds. The van der Waals surface area contributed by atoms with Gasteiger partial charge in [-0.15, -0.1) is 14.8 Å². The Labute approximate surface area is 121 Å². The monoisotopic (exact) mass is 284 g/mol. The Hall–Kier alpha value is -2.70. The first kappa shape index (κ1) is 13.3. The van der Waals surface area contributed by atoms with E-state index in [0.717, 1.165) is 24.5 Å². The fraction of sp³-hybridized carbons (Fsp3) is 0.286. The molecule has 2 heterocycles. The van der Waals surface area contributed by atoms with Crippen LogP contribution in [0, 0.1) is 0 Å². The van der Waals surface area contributed by atoms with E-state index in [1.807, 2.05) is 37.3 Å². The minimum atomic E-state index is 0.627. The molecule has 0 bridgehead atoms. The van der Waals surface area contributed by atoms with E-state index >= 15 is 0 Å². The van der Waals surface area contributed by atoms with Gasteiger partial charge in [0.1, 0.15) is 11.6 Å². The van der Waals surface area contributed by atoms with Crippen LogP contribution in [0.15, 0.2) is 36.4 Å². The summed E-state index contributed by atoms with van der Waals surface area (Å²) in [6, 6.07) is 11.7. The van der Waals surface area contributed by atoms with Crippen LogP contribution in [0.25, 0.3) is 5.65 Å². The van der Waals surface area contributed by atoms with Crippen LogP contribution in [0.5, 0.6) is 5.75 Å². The molecule has 0 saturated heterocycles. The van der Waals surface area contributed by atoms with Crippen LogP contribution in [-0.2, 0) is 6.42 Å². The number of ether oxygens (including phenoxy) is 1. The van der Waals surface area contributed by atoms with Gasteiger partial charge in [-0.2, -0.15) is 0 Å². The maximum absolute atomic E-state index is 5.61. The Morgan fingerprint density at radius 1 is 1.19 bits per heavy atom. The van der Waals surface area contributed by atoms with E-state index in [9.17, 15) is 0 Å². The standard InChI is InChI=1S/C14H16N6O/c1-2-21-12-6-4-3-5-11(12)9-10-15-13-7-8-14-16-18-19-20(14)17-13/h3-8H,2,9-10H2,1H3,(H,15,17). The number of hydrogen-bond donors (Lipinski definition) is 1.